The summed E-state index contributed by atoms with van der Waals surface area (Å²) in [4.78, 5) is 37.1. The average Bonchev–Trinajstić information content (AvgIpc) is 2.93. The van der Waals surface area contributed by atoms with Crippen LogP contribution in [-0.2, 0) is 9.59 Å². The zero-order chi connectivity index (χ0) is 20.4. The number of nitrogens with zero attached hydrogens (tertiary/aromatic N) is 2. The number of likely N-dealkylation sites (tertiary alicyclic amines) is 1. The Morgan fingerprint density at radius 2 is 1.79 bits per heavy atom. The lowest BCUT2D eigenvalue weighted by atomic mass is 9.94. The van der Waals surface area contributed by atoms with E-state index < -0.39 is 35.0 Å². The number of hydrogen-bond donors (Lipinski definition) is 2. The number of rotatable bonds is 5. The maximum atomic E-state index is 12.7. The molecule has 2 N–H and O–H groups in total. The number of para-hydroxylation sites is 1. The number of benzene rings is 2. The van der Waals surface area contributed by atoms with Crippen molar-refractivity contribution >= 4 is 23.1 Å². The molecule has 1 saturated heterocycles. The molecular formula is C20H18N2O6. The lowest BCUT2D eigenvalue weighted by Gasteiger charge is -2.24. The number of aliphatic hydroxyl groups is 2. The number of carbonyl (C=O) groups is 2. The molecule has 3 rings (SSSR count). The first-order valence-corrected chi connectivity index (χ1v) is 8.56. The van der Waals surface area contributed by atoms with Crippen LogP contribution in [0.15, 0.2) is 54.1 Å². The maximum absolute atomic E-state index is 12.7. The Kier molecular flexibility index (Phi) is 5.23. The number of aliphatic hydroxyl groups excluding tert-OH is 2. The molecule has 2 aromatic rings. The lowest BCUT2D eigenvalue weighted by molar-refractivity contribution is -0.385. The molecule has 1 aliphatic heterocycles. The minimum absolute atomic E-state index is 0.0915. The van der Waals surface area contributed by atoms with Crippen LogP contribution in [0.2, 0.25) is 0 Å². The van der Waals surface area contributed by atoms with Crippen molar-refractivity contribution in [1.29, 1.82) is 0 Å². The van der Waals surface area contributed by atoms with E-state index in [-0.39, 0.29) is 23.4 Å². The van der Waals surface area contributed by atoms with Gasteiger partial charge in [-0.15, -0.1) is 0 Å². The van der Waals surface area contributed by atoms with Crippen molar-refractivity contribution in [2.45, 2.75) is 13.0 Å². The summed E-state index contributed by atoms with van der Waals surface area (Å²) in [5.74, 6) is -2.29. The van der Waals surface area contributed by atoms with Gasteiger partial charge in [0.2, 0.25) is 0 Å². The smallest absolute Gasteiger partial charge is 0.295 e. The van der Waals surface area contributed by atoms with E-state index in [1.54, 1.807) is 30.3 Å². The van der Waals surface area contributed by atoms with E-state index in [4.69, 9.17) is 0 Å². The van der Waals surface area contributed by atoms with Gasteiger partial charge in [-0.1, -0.05) is 42.0 Å². The first kappa shape index (κ1) is 19.2. The summed E-state index contributed by atoms with van der Waals surface area (Å²) in [6, 6.07) is 11.2. The third-order valence-corrected chi connectivity index (χ3v) is 4.63. The number of amides is 1. The third kappa shape index (κ3) is 3.25. The van der Waals surface area contributed by atoms with Crippen LogP contribution in [0.25, 0.3) is 5.76 Å². The summed E-state index contributed by atoms with van der Waals surface area (Å²) in [5, 5.41) is 31.6. The molecule has 8 nitrogen and oxygen atoms in total. The first-order chi connectivity index (χ1) is 13.4. The molecule has 0 aromatic heterocycles. The van der Waals surface area contributed by atoms with Crippen LogP contribution < -0.4 is 0 Å². The van der Waals surface area contributed by atoms with Crippen molar-refractivity contribution in [3.8, 4) is 0 Å². The minimum atomic E-state index is -1.17. The predicted molar refractivity (Wildman–Crippen MR) is 100 cm³/mol. The summed E-state index contributed by atoms with van der Waals surface area (Å²) < 4.78 is 0. The van der Waals surface area contributed by atoms with Gasteiger partial charge in [-0.2, -0.15) is 0 Å². The first-order valence-electron chi connectivity index (χ1n) is 8.56. The Morgan fingerprint density at radius 1 is 1.14 bits per heavy atom. The number of ketones is 1. The second kappa shape index (κ2) is 7.61. The molecule has 0 bridgehead atoms. The van der Waals surface area contributed by atoms with Crippen LogP contribution in [-0.4, -0.2) is 44.9 Å². The quantitative estimate of drug-likeness (QED) is 0.269. The van der Waals surface area contributed by atoms with E-state index >= 15 is 0 Å². The van der Waals surface area contributed by atoms with Gasteiger partial charge >= 0.3 is 0 Å². The summed E-state index contributed by atoms with van der Waals surface area (Å²) in [6.07, 6.45) is 0. The highest BCUT2D eigenvalue weighted by atomic mass is 16.6. The Labute approximate surface area is 160 Å². The Hall–Kier alpha value is -3.52. The van der Waals surface area contributed by atoms with Crippen LogP contribution in [0.3, 0.4) is 0 Å². The van der Waals surface area contributed by atoms with Crippen molar-refractivity contribution in [1.82, 2.24) is 4.90 Å². The molecule has 0 spiro atoms. The predicted octanol–water partition coefficient (Wildman–Crippen LogP) is 2.32. The van der Waals surface area contributed by atoms with E-state index in [2.05, 4.69) is 0 Å². The van der Waals surface area contributed by atoms with E-state index in [0.29, 0.717) is 5.56 Å². The molecule has 0 aliphatic carbocycles. The van der Waals surface area contributed by atoms with Gasteiger partial charge in [-0.05, 0) is 13.0 Å². The number of β-amino-alcohol motifs (C(OH)–C–C–N with tert-alkyl or cyclic N) is 1. The molecule has 1 fully saturated rings. The molecule has 0 unspecified atom stereocenters. The topological polar surface area (TPSA) is 121 Å². The molecule has 1 heterocycles. The molecule has 1 aliphatic rings. The highest BCUT2D eigenvalue weighted by Crippen LogP contribution is 2.42. The van der Waals surface area contributed by atoms with Gasteiger partial charge in [0.25, 0.3) is 17.4 Å². The number of nitro groups is 1. The van der Waals surface area contributed by atoms with Crippen LogP contribution in [0, 0.1) is 17.0 Å². The molecule has 1 amide bonds. The van der Waals surface area contributed by atoms with Crippen molar-refractivity contribution in [2.75, 3.05) is 13.2 Å². The van der Waals surface area contributed by atoms with E-state index in [1.165, 1.54) is 18.2 Å². The van der Waals surface area contributed by atoms with Crippen molar-refractivity contribution in [3.05, 3.63) is 80.9 Å². The second-order valence-corrected chi connectivity index (χ2v) is 6.40. The van der Waals surface area contributed by atoms with Crippen molar-refractivity contribution in [3.63, 3.8) is 0 Å². The standard InChI is InChI=1S/C20H18N2O6/c1-12-6-8-13(9-7-12)18(24)16-17(21(10-11-23)20(26)19(16)25)14-4-2-3-5-15(14)22(27)28/h2-9,17,23-24H,10-11H2,1H3/b18-16+/t17-/m0/s1. The molecule has 144 valence electrons. The van der Waals surface area contributed by atoms with Gasteiger partial charge in [0.15, 0.2) is 0 Å². The zero-order valence-electron chi connectivity index (χ0n) is 15.0. The molecule has 8 heteroatoms. The fraction of sp³-hybridized carbons (Fsp3) is 0.200. The zero-order valence-corrected chi connectivity index (χ0v) is 15.0. The highest BCUT2D eigenvalue weighted by molar-refractivity contribution is 6.46. The number of hydrogen-bond acceptors (Lipinski definition) is 6. The summed E-state index contributed by atoms with van der Waals surface area (Å²) in [6.45, 7) is 1.22. The SMILES string of the molecule is Cc1ccc(/C(O)=C2\C(=O)C(=O)N(CCO)[C@H]2c2ccccc2[N+](=O)[O-])cc1. The average molecular weight is 382 g/mol. The van der Waals surface area contributed by atoms with E-state index in [1.807, 2.05) is 6.92 Å². The fourth-order valence-electron chi connectivity index (χ4n) is 3.29. The molecule has 0 radical (unpaired) electrons. The van der Waals surface area contributed by atoms with Gasteiger partial charge in [-0.3, -0.25) is 19.7 Å². The van der Waals surface area contributed by atoms with Gasteiger partial charge in [0.05, 0.1) is 28.7 Å². The maximum Gasteiger partial charge on any atom is 0.295 e. The normalized spacial score (nSPS) is 18.5. The monoisotopic (exact) mass is 382 g/mol. The molecule has 1 atom stereocenters. The fourth-order valence-corrected chi connectivity index (χ4v) is 3.29. The van der Waals surface area contributed by atoms with Crippen LogP contribution >= 0.6 is 0 Å². The van der Waals surface area contributed by atoms with E-state index in [9.17, 15) is 29.9 Å². The Morgan fingerprint density at radius 3 is 2.39 bits per heavy atom. The van der Waals surface area contributed by atoms with Gasteiger partial charge < -0.3 is 15.1 Å². The van der Waals surface area contributed by atoms with Gasteiger partial charge in [-0.25, -0.2) is 0 Å². The summed E-state index contributed by atoms with van der Waals surface area (Å²) >= 11 is 0. The van der Waals surface area contributed by atoms with Crippen LogP contribution in [0.4, 0.5) is 5.69 Å². The van der Waals surface area contributed by atoms with Gasteiger partial charge in [0.1, 0.15) is 5.76 Å². The lowest BCUT2D eigenvalue weighted by Crippen LogP contribution is -2.32. The molecule has 2 aromatic carbocycles. The number of aryl methyl sites for hydroxylation is 1. The number of Topliss-reactive ketones (excluding diaryl/α,β-unsaturated/α-hetero) is 1. The largest absolute Gasteiger partial charge is 0.507 e. The number of carbonyl (C=O) groups excluding carboxylic acids is 2. The minimum Gasteiger partial charge on any atom is -0.507 e. The Balaban J connectivity index is 2.26. The third-order valence-electron chi connectivity index (χ3n) is 4.63. The summed E-state index contributed by atoms with van der Waals surface area (Å²) in [7, 11) is 0. The molecule has 28 heavy (non-hydrogen) atoms. The van der Waals surface area contributed by atoms with Crippen molar-refractivity contribution < 1.29 is 24.7 Å². The molecular weight excluding hydrogens is 364 g/mol. The highest BCUT2D eigenvalue weighted by Gasteiger charge is 2.47. The number of nitro benzene ring substituents is 1. The van der Waals surface area contributed by atoms with Crippen molar-refractivity contribution in [2.24, 2.45) is 0 Å². The van der Waals surface area contributed by atoms with Crippen LogP contribution in [0.1, 0.15) is 22.7 Å². The van der Waals surface area contributed by atoms with Gasteiger partial charge in [0, 0.05) is 18.2 Å². The summed E-state index contributed by atoms with van der Waals surface area (Å²) in [5.41, 5.74) is 0.821. The Bertz CT molecular complexity index is 980. The van der Waals surface area contributed by atoms with Crippen LogP contribution in [0.5, 0.6) is 0 Å². The second-order valence-electron chi connectivity index (χ2n) is 6.40. The van der Waals surface area contributed by atoms with E-state index in [0.717, 1.165) is 10.5 Å². The molecule has 0 saturated carbocycles.